The van der Waals surface area contributed by atoms with Crippen LogP contribution in [0.2, 0.25) is 0 Å². The number of nitrogens with zero attached hydrogens (tertiary/aromatic N) is 1. The lowest BCUT2D eigenvalue weighted by atomic mass is 10.1. The number of rotatable bonds is 4. The summed E-state index contributed by atoms with van der Waals surface area (Å²) in [7, 11) is 0. The van der Waals surface area contributed by atoms with Crippen molar-refractivity contribution in [2.75, 3.05) is 0 Å². The maximum atomic E-state index is 11.6. The Morgan fingerprint density at radius 1 is 1.26 bits per heavy atom. The van der Waals surface area contributed by atoms with Crippen molar-refractivity contribution in [1.29, 1.82) is 0 Å². The van der Waals surface area contributed by atoms with Crippen LogP contribution in [0.1, 0.15) is 36.8 Å². The molecule has 0 fully saturated rings. The van der Waals surface area contributed by atoms with Gasteiger partial charge in [-0.3, -0.25) is 4.79 Å². The molecular formula is C15H18N2OS. The molecule has 0 amide bonds. The molecule has 0 atom stereocenters. The summed E-state index contributed by atoms with van der Waals surface area (Å²) < 4.78 is 0. The molecule has 0 radical (unpaired) electrons. The summed E-state index contributed by atoms with van der Waals surface area (Å²) in [6.07, 6.45) is 0. The van der Waals surface area contributed by atoms with Crippen molar-refractivity contribution < 1.29 is 0 Å². The van der Waals surface area contributed by atoms with Gasteiger partial charge in [0.1, 0.15) is 5.82 Å². The Labute approximate surface area is 117 Å². The topological polar surface area (TPSA) is 45.8 Å². The van der Waals surface area contributed by atoms with E-state index < -0.39 is 0 Å². The Morgan fingerprint density at radius 2 is 1.95 bits per heavy atom. The van der Waals surface area contributed by atoms with Gasteiger partial charge in [-0.15, -0.1) is 11.8 Å². The van der Waals surface area contributed by atoms with E-state index in [0.29, 0.717) is 5.75 Å². The summed E-state index contributed by atoms with van der Waals surface area (Å²) in [6.45, 7) is 6.15. The number of nitrogens with one attached hydrogen (secondary N) is 1. The number of hydrogen-bond acceptors (Lipinski definition) is 3. The minimum atomic E-state index is -0.0711. The quantitative estimate of drug-likeness (QED) is 0.868. The number of thioether (sulfide) groups is 1. The van der Waals surface area contributed by atoms with Crippen LogP contribution in [-0.4, -0.2) is 9.97 Å². The van der Waals surface area contributed by atoms with Crippen molar-refractivity contribution in [3.8, 4) is 0 Å². The molecule has 1 aromatic heterocycles. The van der Waals surface area contributed by atoms with Gasteiger partial charge in [-0.25, -0.2) is 4.98 Å². The number of hydrogen-bond donors (Lipinski definition) is 1. The van der Waals surface area contributed by atoms with Crippen molar-refractivity contribution in [3.05, 3.63) is 57.8 Å². The lowest BCUT2D eigenvalue weighted by Crippen LogP contribution is -2.12. The van der Waals surface area contributed by atoms with Gasteiger partial charge in [-0.05, 0) is 25.0 Å². The van der Waals surface area contributed by atoms with E-state index in [2.05, 4.69) is 41.2 Å². The zero-order chi connectivity index (χ0) is 13.8. The Kier molecular flexibility index (Phi) is 4.43. The Balaban J connectivity index is 2.11. The normalized spacial score (nSPS) is 10.9. The number of aryl methyl sites for hydroxylation is 1. The first-order valence-electron chi connectivity index (χ1n) is 6.34. The van der Waals surface area contributed by atoms with Crippen LogP contribution in [0.15, 0.2) is 40.0 Å². The van der Waals surface area contributed by atoms with E-state index in [1.807, 2.05) is 13.8 Å². The second-order valence-corrected chi connectivity index (χ2v) is 5.92. The summed E-state index contributed by atoms with van der Waals surface area (Å²) in [5, 5.41) is 0. The molecule has 4 heteroatoms. The lowest BCUT2D eigenvalue weighted by molar-refractivity contribution is 0.793. The van der Waals surface area contributed by atoms with Gasteiger partial charge in [0.25, 0.3) is 5.56 Å². The molecule has 1 N–H and O–H groups in total. The van der Waals surface area contributed by atoms with Crippen LogP contribution in [0.5, 0.6) is 0 Å². The van der Waals surface area contributed by atoms with E-state index in [1.54, 1.807) is 17.8 Å². The number of H-pyrrole nitrogens is 1. The maximum Gasteiger partial charge on any atom is 0.251 e. The Morgan fingerprint density at radius 3 is 2.58 bits per heavy atom. The average Bonchev–Trinajstić information content (AvgIpc) is 2.37. The Bertz CT molecular complexity index is 602. The van der Waals surface area contributed by atoms with Crippen molar-refractivity contribution >= 4 is 11.8 Å². The van der Waals surface area contributed by atoms with E-state index in [9.17, 15) is 4.79 Å². The third-order valence-corrected chi connectivity index (χ3v) is 3.82. The second kappa shape index (κ2) is 6.06. The summed E-state index contributed by atoms with van der Waals surface area (Å²) in [5.41, 5.74) is 2.03. The molecule has 100 valence electrons. The fraction of sp³-hybridized carbons (Fsp3) is 0.333. The molecule has 0 aliphatic rings. The highest BCUT2D eigenvalue weighted by molar-refractivity contribution is 7.98. The van der Waals surface area contributed by atoms with E-state index in [4.69, 9.17) is 0 Å². The maximum absolute atomic E-state index is 11.6. The van der Waals surface area contributed by atoms with Crippen molar-refractivity contribution in [1.82, 2.24) is 9.97 Å². The van der Waals surface area contributed by atoms with E-state index >= 15 is 0 Å². The molecule has 0 spiro atoms. The summed E-state index contributed by atoms with van der Waals surface area (Å²) in [5.74, 6) is 1.69. The molecule has 0 aliphatic carbocycles. The summed E-state index contributed by atoms with van der Waals surface area (Å²) in [6, 6.07) is 9.92. The standard InChI is InChI=1S/C15H18N2OS/c1-10(2)13-8-15(18)17-14(16-13)9-19-12-6-4-11(3)5-7-12/h4-8,10H,9H2,1-3H3,(H,16,17,18). The van der Waals surface area contributed by atoms with Crippen LogP contribution in [0.25, 0.3) is 0 Å². The first-order chi connectivity index (χ1) is 9.04. The highest BCUT2D eigenvalue weighted by atomic mass is 32.2. The van der Waals surface area contributed by atoms with Crippen LogP contribution >= 0.6 is 11.8 Å². The molecule has 0 aliphatic heterocycles. The predicted octanol–water partition coefficient (Wildman–Crippen LogP) is 3.49. The molecule has 2 rings (SSSR count). The zero-order valence-electron chi connectivity index (χ0n) is 11.4. The van der Waals surface area contributed by atoms with Gasteiger partial charge in [0.2, 0.25) is 0 Å². The van der Waals surface area contributed by atoms with Crippen molar-refractivity contribution in [2.24, 2.45) is 0 Å². The monoisotopic (exact) mass is 274 g/mol. The minimum Gasteiger partial charge on any atom is -0.310 e. The van der Waals surface area contributed by atoms with Crippen LogP contribution in [0, 0.1) is 6.92 Å². The van der Waals surface area contributed by atoms with Crippen molar-refractivity contribution in [2.45, 2.75) is 37.3 Å². The zero-order valence-corrected chi connectivity index (χ0v) is 12.3. The number of benzene rings is 1. The molecule has 0 bridgehead atoms. The fourth-order valence-corrected chi connectivity index (χ4v) is 2.45. The molecule has 2 aromatic rings. The molecule has 0 saturated heterocycles. The van der Waals surface area contributed by atoms with Crippen molar-refractivity contribution in [3.63, 3.8) is 0 Å². The van der Waals surface area contributed by atoms with E-state index in [-0.39, 0.29) is 11.5 Å². The first-order valence-corrected chi connectivity index (χ1v) is 7.33. The second-order valence-electron chi connectivity index (χ2n) is 4.87. The van der Waals surface area contributed by atoms with Gasteiger partial charge in [0.05, 0.1) is 11.4 Å². The average molecular weight is 274 g/mol. The van der Waals surface area contributed by atoms with Gasteiger partial charge < -0.3 is 4.98 Å². The van der Waals surface area contributed by atoms with Gasteiger partial charge in [-0.2, -0.15) is 0 Å². The molecule has 1 heterocycles. The largest absolute Gasteiger partial charge is 0.310 e. The highest BCUT2D eigenvalue weighted by Gasteiger charge is 2.05. The highest BCUT2D eigenvalue weighted by Crippen LogP contribution is 2.21. The van der Waals surface area contributed by atoms with Crippen LogP contribution in [0.3, 0.4) is 0 Å². The van der Waals surface area contributed by atoms with E-state index in [0.717, 1.165) is 11.5 Å². The van der Waals surface area contributed by atoms with Crippen LogP contribution in [0.4, 0.5) is 0 Å². The molecule has 1 aromatic carbocycles. The summed E-state index contributed by atoms with van der Waals surface area (Å²) in [4.78, 5) is 20.0. The Hall–Kier alpha value is -1.55. The third kappa shape index (κ3) is 3.96. The van der Waals surface area contributed by atoms with Gasteiger partial charge >= 0.3 is 0 Å². The molecule has 0 unspecified atom stereocenters. The molecular weight excluding hydrogens is 256 g/mol. The third-order valence-electron chi connectivity index (χ3n) is 2.80. The molecule has 0 saturated carbocycles. The van der Waals surface area contributed by atoms with Gasteiger partial charge in [0, 0.05) is 11.0 Å². The van der Waals surface area contributed by atoms with Crippen LogP contribution in [-0.2, 0) is 5.75 Å². The smallest absolute Gasteiger partial charge is 0.251 e. The molecule has 19 heavy (non-hydrogen) atoms. The summed E-state index contributed by atoms with van der Waals surface area (Å²) >= 11 is 1.68. The number of aromatic nitrogens is 2. The number of aromatic amines is 1. The van der Waals surface area contributed by atoms with Gasteiger partial charge in [-0.1, -0.05) is 31.5 Å². The van der Waals surface area contributed by atoms with Gasteiger partial charge in [0.15, 0.2) is 0 Å². The fourth-order valence-electron chi connectivity index (χ4n) is 1.68. The minimum absolute atomic E-state index is 0.0711. The predicted molar refractivity (Wildman–Crippen MR) is 79.7 cm³/mol. The van der Waals surface area contributed by atoms with E-state index in [1.165, 1.54) is 10.5 Å². The van der Waals surface area contributed by atoms with Crippen LogP contribution < -0.4 is 5.56 Å². The SMILES string of the molecule is Cc1ccc(SCc2nc(C(C)C)cc(=O)[nH]2)cc1. The first kappa shape index (κ1) is 13.9. The molecule has 3 nitrogen and oxygen atoms in total. The lowest BCUT2D eigenvalue weighted by Gasteiger charge is -2.07.